The molecule has 2 aliphatic rings. The van der Waals surface area contributed by atoms with E-state index in [9.17, 15) is 0 Å². The Labute approximate surface area is 108 Å². The Kier molecular flexibility index (Phi) is 3.44. The number of nitrogens with one attached hydrogen (secondary N) is 1. The van der Waals surface area contributed by atoms with Gasteiger partial charge in [0.25, 0.3) is 0 Å². The van der Waals surface area contributed by atoms with E-state index in [1.165, 1.54) is 36.3 Å². The molecule has 1 aliphatic heterocycles. The molecule has 3 unspecified atom stereocenters. The monoisotopic (exact) mass is 247 g/mol. The highest BCUT2D eigenvalue weighted by Crippen LogP contribution is 2.44. The molecule has 0 amide bonds. The molecule has 1 N–H and O–H groups in total. The predicted octanol–water partition coefficient (Wildman–Crippen LogP) is 3.65. The molecule has 0 radical (unpaired) electrons. The molecule has 0 aromatic heterocycles. The van der Waals surface area contributed by atoms with Crippen molar-refractivity contribution < 1.29 is 0 Å². The van der Waals surface area contributed by atoms with Crippen LogP contribution in [0.4, 0.5) is 0 Å². The summed E-state index contributed by atoms with van der Waals surface area (Å²) >= 11 is 2.05. The van der Waals surface area contributed by atoms with Gasteiger partial charge in [0.15, 0.2) is 0 Å². The number of hydrogen-bond donors (Lipinski definition) is 1. The Bertz CT molecular complexity index is 390. The fourth-order valence-electron chi connectivity index (χ4n) is 3.38. The molecule has 1 aromatic carbocycles. The summed E-state index contributed by atoms with van der Waals surface area (Å²) in [4.78, 5) is 1.53. The van der Waals surface area contributed by atoms with Crippen LogP contribution >= 0.6 is 11.8 Å². The maximum atomic E-state index is 3.43. The van der Waals surface area contributed by atoms with Gasteiger partial charge < -0.3 is 5.32 Å². The average molecular weight is 247 g/mol. The van der Waals surface area contributed by atoms with Crippen LogP contribution in [0.15, 0.2) is 29.2 Å². The lowest BCUT2D eigenvalue weighted by molar-refractivity contribution is 0.448. The summed E-state index contributed by atoms with van der Waals surface area (Å²) in [7, 11) is 2.10. The molecule has 2 heteroatoms. The Morgan fingerprint density at radius 3 is 3.00 bits per heavy atom. The van der Waals surface area contributed by atoms with Gasteiger partial charge in [0.1, 0.15) is 0 Å². The smallest absolute Gasteiger partial charge is 0.0107 e. The molecule has 1 nitrogen and oxygen atoms in total. The minimum atomic E-state index is 0.782. The van der Waals surface area contributed by atoms with E-state index in [0.29, 0.717) is 0 Å². The van der Waals surface area contributed by atoms with Crippen LogP contribution < -0.4 is 5.32 Å². The lowest BCUT2D eigenvalue weighted by Gasteiger charge is -2.16. The van der Waals surface area contributed by atoms with Gasteiger partial charge in [-0.2, -0.15) is 0 Å². The second kappa shape index (κ2) is 5.03. The predicted molar refractivity (Wildman–Crippen MR) is 74.7 cm³/mol. The summed E-state index contributed by atoms with van der Waals surface area (Å²) in [5, 5.41) is 3.43. The molecular formula is C15H21NS. The van der Waals surface area contributed by atoms with Crippen LogP contribution in [0.1, 0.15) is 37.2 Å². The third kappa shape index (κ3) is 2.38. The molecule has 0 bridgehead atoms. The van der Waals surface area contributed by atoms with E-state index in [1.807, 2.05) is 0 Å². The Morgan fingerprint density at radius 1 is 1.29 bits per heavy atom. The Morgan fingerprint density at radius 2 is 2.18 bits per heavy atom. The van der Waals surface area contributed by atoms with Gasteiger partial charge in [-0.1, -0.05) is 18.2 Å². The third-order valence-electron chi connectivity index (χ3n) is 4.37. The lowest BCUT2D eigenvalue weighted by Crippen LogP contribution is -2.21. The normalized spacial score (nSPS) is 31.7. The fourth-order valence-corrected chi connectivity index (χ4v) is 4.65. The standard InChI is InChI=1S/C15H21NS/c1-16-13-7-6-11(9-13)8-12-10-17-15-5-3-2-4-14(12)15/h2-5,11-13,16H,6-10H2,1H3. The van der Waals surface area contributed by atoms with E-state index >= 15 is 0 Å². The first kappa shape index (κ1) is 11.6. The second-order valence-electron chi connectivity index (χ2n) is 5.45. The van der Waals surface area contributed by atoms with Crippen LogP contribution in [0.25, 0.3) is 0 Å². The molecule has 1 heterocycles. The van der Waals surface area contributed by atoms with E-state index in [2.05, 4.69) is 48.4 Å². The highest BCUT2D eigenvalue weighted by atomic mass is 32.2. The van der Waals surface area contributed by atoms with E-state index in [4.69, 9.17) is 0 Å². The van der Waals surface area contributed by atoms with E-state index in [-0.39, 0.29) is 0 Å². The fraction of sp³-hybridized carbons (Fsp3) is 0.600. The summed E-state index contributed by atoms with van der Waals surface area (Å²) in [6, 6.07) is 9.77. The van der Waals surface area contributed by atoms with Crippen LogP contribution in [0.5, 0.6) is 0 Å². The first-order chi connectivity index (χ1) is 8.36. The summed E-state index contributed by atoms with van der Waals surface area (Å²) in [5.74, 6) is 3.07. The Balaban J connectivity index is 1.64. The molecule has 1 aliphatic carbocycles. The van der Waals surface area contributed by atoms with Crippen LogP contribution in [-0.2, 0) is 0 Å². The van der Waals surface area contributed by atoms with Crippen molar-refractivity contribution in [3.8, 4) is 0 Å². The van der Waals surface area contributed by atoms with Crippen LogP contribution in [0.2, 0.25) is 0 Å². The molecule has 3 atom stereocenters. The summed E-state index contributed by atoms with van der Waals surface area (Å²) in [5.41, 5.74) is 1.62. The van der Waals surface area contributed by atoms with Gasteiger partial charge in [-0.15, -0.1) is 11.8 Å². The number of fused-ring (bicyclic) bond motifs is 1. The van der Waals surface area contributed by atoms with Crippen LogP contribution in [-0.4, -0.2) is 18.8 Å². The van der Waals surface area contributed by atoms with Gasteiger partial charge in [-0.3, -0.25) is 0 Å². The van der Waals surface area contributed by atoms with E-state index in [0.717, 1.165) is 17.9 Å². The molecule has 17 heavy (non-hydrogen) atoms. The van der Waals surface area contributed by atoms with Crippen LogP contribution in [0.3, 0.4) is 0 Å². The van der Waals surface area contributed by atoms with Crippen molar-refractivity contribution in [3.05, 3.63) is 29.8 Å². The van der Waals surface area contributed by atoms with Crippen molar-refractivity contribution in [1.29, 1.82) is 0 Å². The van der Waals surface area contributed by atoms with Gasteiger partial charge >= 0.3 is 0 Å². The molecule has 1 aromatic rings. The minimum absolute atomic E-state index is 0.782. The van der Waals surface area contributed by atoms with Gasteiger partial charge in [-0.05, 0) is 56.2 Å². The zero-order valence-electron chi connectivity index (χ0n) is 10.5. The van der Waals surface area contributed by atoms with Gasteiger partial charge in [0, 0.05) is 16.7 Å². The number of benzene rings is 1. The molecule has 1 fully saturated rings. The highest BCUT2D eigenvalue weighted by molar-refractivity contribution is 7.99. The maximum absolute atomic E-state index is 3.43. The van der Waals surface area contributed by atoms with Crippen molar-refractivity contribution in [2.24, 2.45) is 5.92 Å². The van der Waals surface area contributed by atoms with Crippen molar-refractivity contribution in [1.82, 2.24) is 5.32 Å². The van der Waals surface area contributed by atoms with Gasteiger partial charge in [0.2, 0.25) is 0 Å². The van der Waals surface area contributed by atoms with Gasteiger partial charge in [-0.25, -0.2) is 0 Å². The Hall–Kier alpha value is -0.470. The first-order valence-corrected chi connectivity index (χ1v) is 7.74. The number of hydrogen-bond acceptors (Lipinski definition) is 2. The molecular weight excluding hydrogens is 226 g/mol. The third-order valence-corrected chi connectivity index (χ3v) is 5.62. The molecule has 1 saturated carbocycles. The van der Waals surface area contributed by atoms with Crippen LogP contribution in [0, 0.1) is 5.92 Å². The topological polar surface area (TPSA) is 12.0 Å². The van der Waals surface area contributed by atoms with Crippen molar-refractivity contribution >= 4 is 11.8 Å². The summed E-state index contributed by atoms with van der Waals surface area (Å²) < 4.78 is 0. The van der Waals surface area contributed by atoms with E-state index < -0.39 is 0 Å². The van der Waals surface area contributed by atoms with Crippen molar-refractivity contribution in [3.63, 3.8) is 0 Å². The number of rotatable bonds is 3. The molecule has 0 saturated heterocycles. The zero-order chi connectivity index (χ0) is 11.7. The molecule has 0 spiro atoms. The van der Waals surface area contributed by atoms with Gasteiger partial charge in [0.05, 0.1) is 0 Å². The lowest BCUT2D eigenvalue weighted by atomic mass is 9.89. The molecule has 3 rings (SSSR count). The largest absolute Gasteiger partial charge is 0.317 e. The molecule has 92 valence electrons. The van der Waals surface area contributed by atoms with E-state index in [1.54, 1.807) is 5.56 Å². The average Bonchev–Trinajstić information content (AvgIpc) is 2.97. The van der Waals surface area contributed by atoms with Crippen molar-refractivity contribution in [2.45, 2.75) is 42.5 Å². The summed E-state index contributed by atoms with van der Waals surface area (Å²) in [6.45, 7) is 0. The highest BCUT2D eigenvalue weighted by Gasteiger charge is 2.29. The first-order valence-electron chi connectivity index (χ1n) is 6.76. The minimum Gasteiger partial charge on any atom is -0.317 e. The zero-order valence-corrected chi connectivity index (χ0v) is 11.3. The quantitative estimate of drug-likeness (QED) is 0.875. The summed E-state index contributed by atoms with van der Waals surface area (Å²) in [6.07, 6.45) is 5.60. The second-order valence-corrected chi connectivity index (χ2v) is 6.51. The SMILES string of the molecule is CNC1CCC(CC2CSc3ccccc32)C1. The number of thioether (sulfide) groups is 1. The maximum Gasteiger partial charge on any atom is 0.0107 e. The van der Waals surface area contributed by atoms with Crippen molar-refractivity contribution in [2.75, 3.05) is 12.8 Å².